The Morgan fingerprint density at radius 1 is 0.379 bits per heavy atom. The lowest BCUT2D eigenvalue weighted by molar-refractivity contribution is -0.302. The lowest BCUT2D eigenvalue weighted by Crippen LogP contribution is -2.60. The van der Waals surface area contributed by atoms with Gasteiger partial charge in [0.05, 0.1) is 25.4 Å². The standard InChI is InChI=1S/C78H149NO8/c1-3-5-7-9-11-13-15-17-19-21-23-25-27-29-31-33-35-36-38-40-42-44-46-48-50-52-54-56-58-60-62-64-66-68-74(82)79-71(70-86-78-77(85)76(84)75(83)73(69-80)87-78)72(81)67-65-63-61-59-57-55-53-51-49-47-45-43-41-39-37-34-32-30-28-26-24-22-20-18-16-14-12-10-8-6-4-2/h21,23,57,59,65,67,71-73,75-78,80-81,83-85H,3-20,22,24-56,58,60-64,66,68-70H2,1-2H3,(H,79,82)/b23-21-,59-57+,67-65+. The lowest BCUT2D eigenvalue weighted by Gasteiger charge is -2.40. The molecule has 0 radical (unpaired) electrons. The van der Waals surface area contributed by atoms with E-state index in [0.717, 1.165) is 38.5 Å². The van der Waals surface area contributed by atoms with E-state index >= 15 is 0 Å². The molecule has 1 heterocycles. The normalized spacial score (nSPS) is 18.1. The second-order valence-corrected chi connectivity index (χ2v) is 27.1. The summed E-state index contributed by atoms with van der Waals surface area (Å²) in [6.07, 6.45) is 84.3. The SMILES string of the molecule is CCCCCCCCCC/C=C\CCCCCCCCCCCCCCCCCCCCCCCC(=O)NC(COC1OC(CO)C(O)C(O)C1O)C(O)/C=C/CC/C=C/CCCCCCCCCCCCCCCCCCCCCCCCCCC. The number of hydrogen-bond donors (Lipinski definition) is 6. The predicted molar refractivity (Wildman–Crippen MR) is 373 cm³/mol. The van der Waals surface area contributed by atoms with Crippen LogP contribution in [-0.2, 0) is 14.3 Å². The number of amides is 1. The summed E-state index contributed by atoms with van der Waals surface area (Å²) in [5.41, 5.74) is 0. The van der Waals surface area contributed by atoms with Crippen molar-refractivity contribution < 1.29 is 39.8 Å². The maximum absolute atomic E-state index is 13.2. The third kappa shape index (κ3) is 55.7. The molecule has 0 aromatic rings. The van der Waals surface area contributed by atoms with Crippen molar-refractivity contribution in [3.63, 3.8) is 0 Å². The molecule has 9 nitrogen and oxygen atoms in total. The highest BCUT2D eigenvalue weighted by atomic mass is 16.7. The molecule has 1 saturated heterocycles. The van der Waals surface area contributed by atoms with E-state index in [9.17, 15) is 30.3 Å². The highest BCUT2D eigenvalue weighted by molar-refractivity contribution is 5.76. The first-order valence-corrected chi connectivity index (χ1v) is 38.7. The zero-order valence-corrected chi connectivity index (χ0v) is 57.8. The summed E-state index contributed by atoms with van der Waals surface area (Å²) in [4.78, 5) is 13.2. The highest BCUT2D eigenvalue weighted by Crippen LogP contribution is 2.24. The number of ether oxygens (including phenoxy) is 2. The predicted octanol–water partition coefficient (Wildman–Crippen LogP) is 21.8. The van der Waals surface area contributed by atoms with E-state index in [2.05, 4.69) is 43.5 Å². The Labute approximate surface area is 540 Å². The molecule has 1 aliphatic rings. The van der Waals surface area contributed by atoms with Crippen molar-refractivity contribution in [1.29, 1.82) is 0 Å². The Hall–Kier alpha value is -1.59. The van der Waals surface area contributed by atoms with Gasteiger partial charge in [0.15, 0.2) is 6.29 Å². The van der Waals surface area contributed by atoms with Gasteiger partial charge in [0.1, 0.15) is 24.4 Å². The highest BCUT2D eigenvalue weighted by Gasteiger charge is 2.44. The second-order valence-electron chi connectivity index (χ2n) is 27.1. The van der Waals surface area contributed by atoms with Crippen molar-refractivity contribution >= 4 is 5.91 Å². The largest absolute Gasteiger partial charge is 0.394 e. The number of hydrogen-bond acceptors (Lipinski definition) is 8. The number of aliphatic hydroxyl groups is 5. The number of nitrogens with one attached hydrogen (secondary N) is 1. The van der Waals surface area contributed by atoms with Gasteiger partial charge in [-0.1, -0.05) is 371 Å². The first-order valence-electron chi connectivity index (χ1n) is 38.7. The molecule has 1 amide bonds. The van der Waals surface area contributed by atoms with Crippen molar-refractivity contribution in [2.75, 3.05) is 13.2 Å². The Kier molecular flexibility index (Phi) is 64.5. The third-order valence-electron chi connectivity index (χ3n) is 18.7. The van der Waals surface area contributed by atoms with Crippen molar-refractivity contribution in [2.45, 2.75) is 442 Å². The zero-order valence-electron chi connectivity index (χ0n) is 57.8. The maximum atomic E-state index is 13.2. The summed E-state index contributed by atoms with van der Waals surface area (Å²) in [5, 5.41) is 54.8. The van der Waals surface area contributed by atoms with Gasteiger partial charge in [-0.3, -0.25) is 4.79 Å². The fraction of sp³-hybridized carbons (Fsp3) is 0.910. The van der Waals surface area contributed by atoms with E-state index in [1.807, 2.05) is 6.08 Å². The van der Waals surface area contributed by atoms with Crippen LogP contribution in [0.5, 0.6) is 0 Å². The smallest absolute Gasteiger partial charge is 0.220 e. The molecule has 7 unspecified atom stereocenters. The molecule has 7 atom stereocenters. The number of carbonyl (C=O) groups is 1. The minimum Gasteiger partial charge on any atom is -0.394 e. The average molecular weight is 1230 g/mol. The van der Waals surface area contributed by atoms with Crippen LogP contribution in [0.15, 0.2) is 36.5 Å². The molecule has 0 aromatic carbocycles. The Balaban J connectivity index is 2.09. The van der Waals surface area contributed by atoms with Crippen LogP contribution in [-0.4, -0.2) is 87.5 Å². The van der Waals surface area contributed by atoms with E-state index < -0.39 is 49.5 Å². The van der Waals surface area contributed by atoms with E-state index in [-0.39, 0.29) is 12.5 Å². The Morgan fingerprint density at radius 3 is 0.966 bits per heavy atom. The molecule has 1 aliphatic heterocycles. The van der Waals surface area contributed by atoms with Gasteiger partial charge in [-0.15, -0.1) is 0 Å². The van der Waals surface area contributed by atoms with Gasteiger partial charge in [-0.05, 0) is 57.8 Å². The van der Waals surface area contributed by atoms with Gasteiger partial charge in [0.2, 0.25) is 5.91 Å². The molecule has 9 heteroatoms. The molecular formula is C78H149NO8. The Morgan fingerprint density at radius 2 is 0.655 bits per heavy atom. The van der Waals surface area contributed by atoms with Crippen molar-refractivity contribution in [3.8, 4) is 0 Å². The van der Waals surface area contributed by atoms with Crippen molar-refractivity contribution in [3.05, 3.63) is 36.5 Å². The molecule has 1 rings (SSSR count). The number of unbranched alkanes of at least 4 members (excludes halogenated alkanes) is 55. The summed E-state index contributed by atoms with van der Waals surface area (Å²) >= 11 is 0. The van der Waals surface area contributed by atoms with Gasteiger partial charge in [-0.25, -0.2) is 0 Å². The minimum atomic E-state index is -1.57. The van der Waals surface area contributed by atoms with Gasteiger partial charge in [0, 0.05) is 6.42 Å². The molecule has 0 bridgehead atoms. The monoisotopic (exact) mass is 1230 g/mol. The molecular weight excluding hydrogens is 1080 g/mol. The average Bonchev–Trinajstić information content (AvgIpc) is 3.38. The Bertz CT molecular complexity index is 1470. The fourth-order valence-electron chi connectivity index (χ4n) is 12.6. The van der Waals surface area contributed by atoms with E-state index in [1.54, 1.807) is 6.08 Å². The number of rotatable bonds is 69. The number of aliphatic hydroxyl groups excluding tert-OH is 5. The first-order chi connectivity index (χ1) is 42.8. The summed E-state index contributed by atoms with van der Waals surface area (Å²) in [7, 11) is 0. The van der Waals surface area contributed by atoms with Crippen LogP contribution in [0.4, 0.5) is 0 Å². The summed E-state index contributed by atoms with van der Waals surface area (Å²) in [6, 6.07) is -0.822. The molecule has 6 N–H and O–H groups in total. The number of allylic oxidation sites excluding steroid dienone is 5. The fourth-order valence-corrected chi connectivity index (χ4v) is 12.6. The van der Waals surface area contributed by atoms with Crippen LogP contribution in [0.25, 0.3) is 0 Å². The molecule has 514 valence electrons. The van der Waals surface area contributed by atoms with E-state index in [0.29, 0.717) is 6.42 Å². The third-order valence-corrected chi connectivity index (χ3v) is 18.7. The van der Waals surface area contributed by atoms with Crippen molar-refractivity contribution in [2.24, 2.45) is 0 Å². The maximum Gasteiger partial charge on any atom is 0.220 e. The van der Waals surface area contributed by atoms with Crippen LogP contribution in [0.2, 0.25) is 0 Å². The number of carbonyl (C=O) groups excluding carboxylic acids is 1. The van der Waals surface area contributed by atoms with Crippen LogP contribution in [0.1, 0.15) is 399 Å². The molecule has 0 aromatic heterocycles. The molecule has 0 aliphatic carbocycles. The van der Waals surface area contributed by atoms with Gasteiger partial charge < -0.3 is 40.3 Å². The molecule has 0 saturated carbocycles. The summed E-state index contributed by atoms with van der Waals surface area (Å²) in [5.74, 6) is -0.178. The summed E-state index contributed by atoms with van der Waals surface area (Å²) < 4.78 is 11.3. The van der Waals surface area contributed by atoms with E-state index in [4.69, 9.17) is 9.47 Å². The quantitative estimate of drug-likeness (QED) is 0.0261. The van der Waals surface area contributed by atoms with Gasteiger partial charge in [0.25, 0.3) is 0 Å². The van der Waals surface area contributed by atoms with E-state index in [1.165, 1.54) is 340 Å². The minimum absolute atomic E-state index is 0.178. The lowest BCUT2D eigenvalue weighted by atomic mass is 9.99. The zero-order chi connectivity index (χ0) is 62.8. The van der Waals surface area contributed by atoms with Crippen LogP contribution in [0.3, 0.4) is 0 Å². The van der Waals surface area contributed by atoms with Crippen LogP contribution >= 0.6 is 0 Å². The molecule has 0 spiro atoms. The van der Waals surface area contributed by atoms with Gasteiger partial charge >= 0.3 is 0 Å². The van der Waals surface area contributed by atoms with Gasteiger partial charge in [-0.2, -0.15) is 0 Å². The summed E-state index contributed by atoms with van der Waals surface area (Å²) in [6.45, 7) is 3.83. The first kappa shape index (κ1) is 83.4. The molecule has 87 heavy (non-hydrogen) atoms. The van der Waals surface area contributed by atoms with Crippen LogP contribution in [0, 0.1) is 0 Å². The molecule has 1 fully saturated rings. The topological polar surface area (TPSA) is 149 Å². The second kappa shape index (κ2) is 67.3. The van der Waals surface area contributed by atoms with Crippen molar-refractivity contribution in [1.82, 2.24) is 5.32 Å². The van der Waals surface area contributed by atoms with Crippen LogP contribution < -0.4 is 5.32 Å².